The lowest BCUT2D eigenvalue weighted by atomic mass is 10.2. The zero-order chi connectivity index (χ0) is 13.5. The summed E-state index contributed by atoms with van der Waals surface area (Å²) in [6.45, 7) is 3.45. The van der Waals surface area contributed by atoms with E-state index in [2.05, 4.69) is 15.5 Å². The molecule has 0 saturated heterocycles. The van der Waals surface area contributed by atoms with Crippen molar-refractivity contribution in [2.75, 3.05) is 5.32 Å². The molecule has 0 atom stereocenters. The lowest BCUT2D eigenvalue weighted by Crippen LogP contribution is -2.18. The van der Waals surface area contributed by atoms with Gasteiger partial charge in [0.2, 0.25) is 12.1 Å². The molecule has 0 aromatic carbocycles. The predicted molar refractivity (Wildman–Crippen MR) is 64.3 cm³/mol. The predicted octanol–water partition coefficient (Wildman–Crippen LogP) is 0.864. The summed E-state index contributed by atoms with van der Waals surface area (Å²) >= 11 is 0. The van der Waals surface area contributed by atoms with E-state index in [-0.39, 0.29) is 23.3 Å². The summed E-state index contributed by atoms with van der Waals surface area (Å²) in [5, 5.41) is 14.9. The van der Waals surface area contributed by atoms with Crippen LogP contribution in [0, 0.1) is 0 Å². The van der Waals surface area contributed by atoms with Gasteiger partial charge in [-0.15, -0.1) is 0 Å². The summed E-state index contributed by atoms with van der Waals surface area (Å²) in [5.41, 5.74) is -0.215. The molecule has 96 valence electrons. The lowest BCUT2D eigenvalue weighted by Gasteiger charge is -2.05. The normalized spacial score (nSPS) is 11.2. The van der Waals surface area contributed by atoms with Gasteiger partial charge in [-0.25, -0.2) is 9.78 Å². The molecule has 1 heterocycles. The molecular formula is C11H13N3O4. The average molecular weight is 251 g/mol. The van der Waals surface area contributed by atoms with Crippen LogP contribution in [0.1, 0.15) is 19.5 Å². The van der Waals surface area contributed by atoms with E-state index in [9.17, 15) is 9.59 Å². The molecule has 1 aromatic rings. The molecule has 1 aromatic heterocycles. The Morgan fingerprint density at radius 2 is 2.28 bits per heavy atom. The fourth-order valence-electron chi connectivity index (χ4n) is 1.06. The van der Waals surface area contributed by atoms with Crippen molar-refractivity contribution in [3.8, 4) is 0 Å². The van der Waals surface area contributed by atoms with Gasteiger partial charge in [0, 0.05) is 0 Å². The number of hydrogen-bond donors (Lipinski definition) is 2. The van der Waals surface area contributed by atoms with Crippen LogP contribution in [0.2, 0.25) is 0 Å². The number of amides is 1. The lowest BCUT2D eigenvalue weighted by molar-refractivity contribution is -0.129. The monoisotopic (exact) mass is 251 g/mol. The highest BCUT2D eigenvalue weighted by Crippen LogP contribution is 2.06. The Labute approximate surface area is 103 Å². The molecule has 7 nitrogen and oxygen atoms in total. The molecule has 0 aliphatic rings. The number of aliphatic carboxylic acids is 1. The Morgan fingerprint density at radius 3 is 2.83 bits per heavy atom. The van der Waals surface area contributed by atoms with Crippen LogP contribution in [0.3, 0.4) is 0 Å². The topological polar surface area (TPSA) is 101 Å². The number of carbonyl (C=O) groups is 2. The van der Waals surface area contributed by atoms with Crippen molar-refractivity contribution in [2.45, 2.75) is 20.0 Å². The minimum atomic E-state index is -1.26. The molecule has 1 amide bonds. The first kappa shape index (κ1) is 13.6. The first-order chi connectivity index (χ1) is 8.54. The first-order valence-electron chi connectivity index (χ1n) is 5.19. The largest absolute Gasteiger partial charge is 0.476 e. The number of aromatic nitrogens is 1. The van der Waals surface area contributed by atoms with Gasteiger partial charge in [-0.05, 0) is 26.0 Å². The van der Waals surface area contributed by atoms with Crippen molar-refractivity contribution in [3.63, 3.8) is 0 Å². The zero-order valence-electron chi connectivity index (χ0n) is 9.95. The zero-order valence-corrected chi connectivity index (χ0v) is 9.95. The van der Waals surface area contributed by atoms with Crippen LogP contribution in [0.15, 0.2) is 23.4 Å². The smallest absolute Gasteiger partial charge is 0.360 e. The van der Waals surface area contributed by atoms with Gasteiger partial charge in [-0.3, -0.25) is 4.79 Å². The van der Waals surface area contributed by atoms with Crippen molar-refractivity contribution in [2.24, 2.45) is 5.16 Å². The van der Waals surface area contributed by atoms with Gasteiger partial charge in [0.25, 0.3) is 0 Å². The molecule has 1 rings (SSSR count). The Bertz CT molecular complexity index is 471. The molecule has 18 heavy (non-hydrogen) atoms. The van der Waals surface area contributed by atoms with Crippen LogP contribution >= 0.6 is 0 Å². The van der Waals surface area contributed by atoms with E-state index in [1.54, 1.807) is 19.9 Å². The Hall–Kier alpha value is -2.44. The SMILES string of the molecule is CC(C)O/N=C(/C(=O)O)c1cccc(NC=O)n1. The standard InChI is InChI=1S/C11H13N3O4/c1-7(2)18-14-10(11(16)17)8-4-3-5-9(13-8)12-6-15/h3-7H,1-2H3,(H,16,17)(H,12,13,15)/b14-10+. The van der Waals surface area contributed by atoms with Gasteiger partial charge < -0.3 is 15.3 Å². The quantitative estimate of drug-likeness (QED) is 0.443. The first-order valence-corrected chi connectivity index (χ1v) is 5.19. The van der Waals surface area contributed by atoms with E-state index in [0.29, 0.717) is 6.41 Å². The minimum absolute atomic E-state index is 0.106. The summed E-state index contributed by atoms with van der Waals surface area (Å²) < 4.78 is 0. The Morgan fingerprint density at radius 1 is 1.56 bits per heavy atom. The number of oxime groups is 1. The van der Waals surface area contributed by atoms with Crippen molar-refractivity contribution >= 4 is 23.9 Å². The summed E-state index contributed by atoms with van der Waals surface area (Å²) in [6.07, 6.45) is 0.213. The van der Waals surface area contributed by atoms with E-state index >= 15 is 0 Å². The number of carboxylic acids is 1. The second kappa shape index (κ2) is 6.33. The second-order valence-electron chi connectivity index (χ2n) is 3.57. The molecule has 2 N–H and O–H groups in total. The van der Waals surface area contributed by atoms with E-state index < -0.39 is 5.97 Å². The van der Waals surface area contributed by atoms with E-state index in [1.165, 1.54) is 12.1 Å². The van der Waals surface area contributed by atoms with Gasteiger partial charge in [-0.1, -0.05) is 11.2 Å². The second-order valence-corrected chi connectivity index (χ2v) is 3.57. The summed E-state index contributed by atoms with van der Waals surface area (Å²) in [5.74, 6) is -1.02. The van der Waals surface area contributed by atoms with Gasteiger partial charge >= 0.3 is 5.97 Å². The van der Waals surface area contributed by atoms with Crippen LogP contribution in [0.25, 0.3) is 0 Å². The number of carboxylic acid groups (broad SMARTS) is 1. The van der Waals surface area contributed by atoms with Crippen LogP contribution in [0.4, 0.5) is 5.82 Å². The molecule has 0 saturated carbocycles. The molecule has 0 radical (unpaired) electrons. The molecule has 7 heteroatoms. The summed E-state index contributed by atoms with van der Waals surface area (Å²) in [6, 6.07) is 4.55. The van der Waals surface area contributed by atoms with Crippen molar-refractivity contribution in [1.29, 1.82) is 0 Å². The van der Waals surface area contributed by atoms with Crippen molar-refractivity contribution in [3.05, 3.63) is 23.9 Å². The highest BCUT2D eigenvalue weighted by atomic mass is 16.6. The van der Waals surface area contributed by atoms with E-state index in [0.717, 1.165) is 0 Å². The minimum Gasteiger partial charge on any atom is -0.476 e. The summed E-state index contributed by atoms with van der Waals surface area (Å²) in [7, 11) is 0. The molecule has 0 unspecified atom stereocenters. The van der Waals surface area contributed by atoms with E-state index in [1.807, 2.05) is 0 Å². The van der Waals surface area contributed by atoms with Gasteiger partial charge in [-0.2, -0.15) is 0 Å². The number of rotatable bonds is 6. The molecule has 0 spiro atoms. The molecule has 0 bridgehead atoms. The van der Waals surface area contributed by atoms with Crippen molar-refractivity contribution in [1.82, 2.24) is 4.98 Å². The van der Waals surface area contributed by atoms with Crippen LogP contribution < -0.4 is 5.32 Å². The number of hydrogen-bond acceptors (Lipinski definition) is 5. The van der Waals surface area contributed by atoms with Crippen molar-refractivity contribution < 1.29 is 19.5 Å². The maximum Gasteiger partial charge on any atom is 0.360 e. The maximum atomic E-state index is 11.0. The fraction of sp³-hybridized carbons (Fsp3) is 0.273. The number of nitrogens with one attached hydrogen (secondary N) is 1. The number of pyridine rings is 1. The molecule has 0 fully saturated rings. The van der Waals surface area contributed by atoms with Gasteiger partial charge in [0.15, 0.2) is 0 Å². The third kappa shape index (κ3) is 3.85. The number of carbonyl (C=O) groups excluding carboxylic acids is 1. The van der Waals surface area contributed by atoms with Crippen LogP contribution in [-0.4, -0.2) is 34.3 Å². The third-order valence-electron chi connectivity index (χ3n) is 1.76. The summed E-state index contributed by atoms with van der Waals surface area (Å²) in [4.78, 5) is 30.1. The Kier molecular flexibility index (Phi) is 4.79. The number of anilines is 1. The third-order valence-corrected chi connectivity index (χ3v) is 1.76. The van der Waals surface area contributed by atoms with E-state index in [4.69, 9.17) is 9.94 Å². The average Bonchev–Trinajstić information content (AvgIpc) is 2.29. The number of nitrogens with zero attached hydrogens (tertiary/aromatic N) is 2. The highest BCUT2D eigenvalue weighted by molar-refractivity contribution is 6.41. The highest BCUT2D eigenvalue weighted by Gasteiger charge is 2.16. The maximum absolute atomic E-state index is 11.0. The molecule has 0 aliphatic heterocycles. The van der Waals surface area contributed by atoms with Gasteiger partial charge in [0.05, 0.1) is 0 Å². The molecular weight excluding hydrogens is 238 g/mol. The molecule has 0 aliphatic carbocycles. The fourth-order valence-corrected chi connectivity index (χ4v) is 1.06. The van der Waals surface area contributed by atoms with Crippen LogP contribution in [0.5, 0.6) is 0 Å². The van der Waals surface area contributed by atoms with Crippen LogP contribution in [-0.2, 0) is 14.4 Å². The Balaban J connectivity index is 3.05. The van der Waals surface area contributed by atoms with Gasteiger partial charge in [0.1, 0.15) is 17.6 Å².